The molecule has 4 rings (SSSR count). The van der Waals surface area contributed by atoms with Gasteiger partial charge in [-0.25, -0.2) is 10.9 Å². The molecule has 2 unspecified atom stereocenters. The first-order valence-corrected chi connectivity index (χ1v) is 9.68. The molecule has 2 saturated heterocycles. The zero-order valence-corrected chi connectivity index (χ0v) is 15.9. The number of hydrogen-bond donors (Lipinski definition) is 2. The Morgan fingerprint density at radius 1 is 1.14 bits per heavy atom. The van der Waals surface area contributed by atoms with Crippen molar-refractivity contribution in [3.05, 3.63) is 48.0 Å². The molecule has 148 valence electrons. The second-order valence-corrected chi connectivity index (χ2v) is 7.09. The fraction of sp³-hybridized carbons (Fsp3) is 0.474. The molecule has 2 atom stereocenters. The van der Waals surface area contributed by atoms with Gasteiger partial charge in [-0.3, -0.25) is 19.3 Å². The molecule has 0 aromatic carbocycles. The molecule has 28 heavy (non-hydrogen) atoms. The van der Waals surface area contributed by atoms with Gasteiger partial charge in [0.05, 0.1) is 0 Å². The van der Waals surface area contributed by atoms with Crippen molar-refractivity contribution in [1.82, 2.24) is 35.4 Å². The van der Waals surface area contributed by atoms with Crippen LogP contribution in [0.3, 0.4) is 0 Å². The maximum atomic E-state index is 12.9. The summed E-state index contributed by atoms with van der Waals surface area (Å²) in [6.07, 6.45) is 6.04. The number of rotatable bonds is 4. The van der Waals surface area contributed by atoms with Crippen molar-refractivity contribution in [1.29, 1.82) is 0 Å². The molecule has 2 aliphatic heterocycles. The van der Waals surface area contributed by atoms with E-state index in [2.05, 4.69) is 20.9 Å². The van der Waals surface area contributed by atoms with Gasteiger partial charge in [-0.05, 0) is 31.0 Å². The molecule has 4 heterocycles. The van der Waals surface area contributed by atoms with Gasteiger partial charge in [-0.1, -0.05) is 6.07 Å². The predicted molar refractivity (Wildman–Crippen MR) is 102 cm³/mol. The van der Waals surface area contributed by atoms with Crippen LogP contribution in [0.15, 0.2) is 36.8 Å². The van der Waals surface area contributed by atoms with E-state index in [1.165, 1.54) is 0 Å². The lowest BCUT2D eigenvalue weighted by atomic mass is 10.0. The third kappa shape index (κ3) is 3.76. The number of carbonyl (C=O) groups excluding carboxylic acids is 2. The minimum atomic E-state index is -0.271. The van der Waals surface area contributed by atoms with E-state index >= 15 is 0 Å². The lowest BCUT2D eigenvalue weighted by molar-refractivity contribution is -0.134. The number of aromatic nitrogens is 3. The van der Waals surface area contributed by atoms with Crippen LogP contribution in [0.2, 0.25) is 0 Å². The molecule has 2 fully saturated rings. The number of carbonyl (C=O) groups is 2. The van der Waals surface area contributed by atoms with E-state index in [1.807, 2.05) is 36.4 Å². The van der Waals surface area contributed by atoms with E-state index in [4.69, 9.17) is 0 Å². The number of pyridine rings is 1. The predicted octanol–water partition coefficient (Wildman–Crippen LogP) is 0.190. The Morgan fingerprint density at radius 2 is 1.93 bits per heavy atom. The summed E-state index contributed by atoms with van der Waals surface area (Å²) in [4.78, 5) is 33.2. The average molecular weight is 383 g/mol. The number of nitrogens with one attached hydrogen (secondary N) is 2. The third-order valence-electron chi connectivity index (χ3n) is 5.35. The summed E-state index contributed by atoms with van der Waals surface area (Å²) < 4.78 is 1.74. The summed E-state index contributed by atoms with van der Waals surface area (Å²) in [5, 5.41) is 4.28. The quantitative estimate of drug-likeness (QED) is 0.783. The first-order valence-electron chi connectivity index (χ1n) is 9.68. The Balaban J connectivity index is 1.30. The highest BCUT2D eigenvalue weighted by molar-refractivity contribution is 5.92. The van der Waals surface area contributed by atoms with Crippen LogP contribution >= 0.6 is 0 Å². The topological polar surface area (TPSA) is 95.4 Å². The highest BCUT2D eigenvalue weighted by Crippen LogP contribution is 2.22. The van der Waals surface area contributed by atoms with Crippen LogP contribution < -0.4 is 10.9 Å². The second kappa shape index (κ2) is 8.07. The van der Waals surface area contributed by atoms with Gasteiger partial charge in [0.1, 0.15) is 11.7 Å². The highest BCUT2D eigenvalue weighted by Gasteiger charge is 2.35. The van der Waals surface area contributed by atoms with Crippen molar-refractivity contribution in [2.24, 2.45) is 0 Å². The van der Waals surface area contributed by atoms with Gasteiger partial charge in [-0.15, -0.1) is 0 Å². The summed E-state index contributed by atoms with van der Waals surface area (Å²) >= 11 is 0. The molecule has 2 aliphatic rings. The van der Waals surface area contributed by atoms with E-state index < -0.39 is 0 Å². The molecular weight excluding hydrogens is 358 g/mol. The molecule has 0 saturated carbocycles. The molecule has 2 aromatic heterocycles. The molecular formula is C19H25N7O2. The summed E-state index contributed by atoms with van der Waals surface area (Å²) in [7, 11) is 0. The van der Waals surface area contributed by atoms with Gasteiger partial charge in [-0.2, -0.15) is 5.10 Å². The summed E-state index contributed by atoms with van der Waals surface area (Å²) in [5.74, 6) is -0.00199. The molecule has 9 heteroatoms. The van der Waals surface area contributed by atoms with E-state index in [0.29, 0.717) is 38.3 Å². The van der Waals surface area contributed by atoms with Crippen molar-refractivity contribution in [3.8, 4) is 0 Å². The van der Waals surface area contributed by atoms with Crippen molar-refractivity contribution in [3.63, 3.8) is 0 Å². The first-order chi connectivity index (χ1) is 13.7. The molecule has 2 amide bonds. The molecule has 2 N–H and O–H groups in total. The molecule has 0 radical (unpaired) electrons. The Morgan fingerprint density at radius 3 is 2.61 bits per heavy atom. The number of piperazine rings is 1. The van der Waals surface area contributed by atoms with Gasteiger partial charge in [0.15, 0.2) is 0 Å². The van der Waals surface area contributed by atoms with E-state index in [-0.39, 0.29) is 23.9 Å². The zero-order valence-electron chi connectivity index (χ0n) is 15.9. The van der Waals surface area contributed by atoms with Crippen molar-refractivity contribution in [2.75, 3.05) is 26.2 Å². The lowest BCUT2D eigenvalue weighted by Crippen LogP contribution is -2.54. The summed E-state index contributed by atoms with van der Waals surface area (Å²) in [5.41, 5.74) is 7.82. The van der Waals surface area contributed by atoms with Crippen LogP contribution in [0.1, 0.15) is 35.4 Å². The first kappa shape index (κ1) is 18.6. The smallest absolute Gasteiger partial charge is 0.274 e. The third-order valence-corrected chi connectivity index (χ3v) is 5.35. The summed E-state index contributed by atoms with van der Waals surface area (Å²) in [6.45, 7) is 4.84. The molecule has 2 aromatic rings. The molecule has 0 bridgehead atoms. The van der Waals surface area contributed by atoms with Crippen LogP contribution in [0.25, 0.3) is 0 Å². The SMILES string of the molecule is CCn1ccc(C(=O)N2CCN(C(=O)C3CC(c4cccnc4)NN3)CC2)n1. The van der Waals surface area contributed by atoms with Crippen molar-refractivity contribution < 1.29 is 9.59 Å². The largest absolute Gasteiger partial charge is 0.338 e. The average Bonchev–Trinajstić information content (AvgIpc) is 3.43. The lowest BCUT2D eigenvalue weighted by Gasteiger charge is -2.35. The number of amides is 2. The van der Waals surface area contributed by atoms with E-state index in [0.717, 1.165) is 12.1 Å². The Hall–Kier alpha value is -2.78. The fourth-order valence-electron chi connectivity index (χ4n) is 3.68. The highest BCUT2D eigenvalue weighted by atomic mass is 16.2. The number of aryl methyl sites for hydroxylation is 1. The normalized spacial score (nSPS) is 22.5. The number of hydrazine groups is 1. The molecule has 0 spiro atoms. The fourth-order valence-corrected chi connectivity index (χ4v) is 3.68. The molecule has 0 aliphatic carbocycles. The molecule has 9 nitrogen and oxygen atoms in total. The maximum Gasteiger partial charge on any atom is 0.274 e. The van der Waals surface area contributed by atoms with Crippen LogP contribution in [0.4, 0.5) is 0 Å². The number of hydrogen-bond acceptors (Lipinski definition) is 6. The minimum Gasteiger partial charge on any atom is -0.338 e. The van der Waals surface area contributed by atoms with Crippen LogP contribution in [-0.4, -0.2) is 68.6 Å². The van der Waals surface area contributed by atoms with Gasteiger partial charge in [0.25, 0.3) is 5.91 Å². The van der Waals surface area contributed by atoms with E-state index in [1.54, 1.807) is 21.8 Å². The number of nitrogens with zero attached hydrogens (tertiary/aromatic N) is 5. The van der Waals surface area contributed by atoms with Gasteiger partial charge in [0, 0.05) is 57.4 Å². The Kier molecular flexibility index (Phi) is 5.36. The van der Waals surface area contributed by atoms with Crippen LogP contribution in [-0.2, 0) is 11.3 Å². The monoisotopic (exact) mass is 383 g/mol. The minimum absolute atomic E-state index is 0.0687. The van der Waals surface area contributed by atoms with Crippen molar-refractivity contribution in [2.45, 2.75) is 32.0 Å². The van der Waals surface area contributed by atoms with Gasteiger partial charge < -0.3 is 9.80 Å². The van der Waals surface area contributed by atoms with Crippen LogP contribution in [0.5, 0.6) is 0 Å². The Bertz CT molecular complexity index is 830. The van der Waals surface area contributed by atoms with E-state index in [9.17, 15) is 9.59 Å². The second-order valence-electron chi connectivity index (χ2n) is 7.09. The zero-order chi connectivity index (χ0) is 19.5. The standard InChI is InChI=1S/C19H25N7O2/c1-2-26-7-5-15(23-26)18(27)24-8-10-25(11-9-24)19(28)17-12-16(21-22-17)14-4-3-6-20-13-14/h3-7,13,16-17,21-22H,2,8-12H2,1H3. The van der Waals surface area contributed by atoms with Gasteiger partial charge >= 0.3 is 0 Å². The van der Waals surface area contributed by atoms with Crippen LogP contribution in [0, 0.1) is 0 Å². The summed E-state index contributed by atoms with van der Waals surface area (Å²) in [6, 6.07) is 5.44. The Labute approximate surface area is 163 Å². The maximum absolute atomic E-state index is 12.9. The van der Waals surface area contributed by atoms with Crippen molar-refractivity contribution >= 4 is 11.8 Å². The van der Waals surface area contributed by atoms with Gasteiger partial charge in [0.2, 0.25) is 5.91 Å².